The van der Waals surface area contributed by atoms with Crippen LogP contribution in [0.25, 0.3) is 0 Å². The molecule has 2 heterocycles. The fourth-order valence-corrected chi connectivity index (χ4v) is 4.26. The molecule has 1 N–H and O–H groups in total. The number of nitrogens with one attached hydrogen (secondary N) is 1. The van der Waals surface area contributed by atoms with E-state index in [0.717, 1.165) is 37.3 Å². The van der Waals surface area contributed by atoms with E-state index >= 15 is 0 Å². The summed E-state index contributed by atoms with van der Waals surface area (Å²) in [5.41, 5.74) is 0.858. The summed E-state index contributed by atoms with van der Waals surface area (Å²) in [5, 5.41) is 0. The quantitative estimate of drug-likeness (QED) is 0.750. The Bertz CT molecular complexity index is 661. The molecule has 1 saturated carbocycles. The molecule has 7 nitrogen and oxygen atoms in total. The van der Waals surface area contributed by atoms with Crippen molar-refractivity contribution < 1.29 is 13.2 Å². The van der Waals surface area contributed by atoms with E-state index in [-0.39, 0.29) is 12.6 Å². The fourth-order valence-electron chi connectivity index (χ4n) is 2.99. The summed E-state index contributed by atoms with van der Waals surface area (Å²) in [6.45, 7) is 7.67. The van der Waals surface area contributed by atoms with Gasteiger partial charge in [0.15, 0.2) is 0 Å². The monoisotopic (exact) mass is 368 g/mol. The van der Waals surface area contributed by atoms with E-state index < -0.39 is 10.2 Å². The molecule has 1 saturated heterocycles. The van der Waals surface area contributed by atoms with Crippen molar-refractivity contribution >= 4 is 16.0 Å². The minimum Gasteiger partial charge on any atom is -0.375 e. The SMILES string of the molecule is CCN(CC1CC1)S(=O)(=O)NCc1ccc(N2CCOC(C)C2)nc1. The van der Waals surface area contributed by atoms with Crippen molar-refractivity contribution in [3.63, 3.8) is 0 Å². The van der Waals surface area contributed by atoms with E-state index in [2.05, 4.69) is 21.5 Å². The maximum atomic E-state index is 12.4. The first kappa shape index (κ1) is 18.6. The molecule has 1 aliphatic carbocycles. The molecule has 25 heavy (non-hydrogen) atoms. The second-order valence-corrected chi connectivity index (χ2v) is 8.63. The highest BCUT2D eigenvalue weighted by molar-refractivity contribution is 7.87. The van der Waals surface area contributed by atoms with Crippen LogP contribution < -0.4 is 9.62 Å². The molecule has 0 radical (unpaired) electrons. The van der Waals surface area contributed by atoms with Crippen molar-refractivity contribution in [1.29, 1.82) is 0 Å². The van der Waals surface area contributed by atoms with Crippen molar-refractivity contribution in [2.24, 2.45) is 5.92 Å². The van der Waals surface area contributed by atoms with Crippen LogP contribution >= 0.6 is 0 Å². The molecule has 1 unspecified atom stereocenters. The van der Waals surface area contributed by atoms with Gasteiger partial charge in [-0.25, -0.2) is 4.98 Å². The Labute approximate surface area is 150 Å². The lowest BCUT2D eigenvalue weighted by Crippen LogP contribution is -2.42. The summed E-state index contributed by atoms with van der Waals surface area (Å²) in [6.07, 6.45) is 4.22. The highest BCUT2D eigenvalue weighted by atomic mass is 32.2. The first-order chi connectivity index (χ1) is 12.0. The van der Waals surface area contributed by atoms with Gasteiger partial charge in [-0.05, 0) is 37.3 Å². The minimum atomic E-state index is -3.43. The van der Waals surface area contributed by atoms with E-state index in [1.54, 1.807) is 6.20 Å². The average Bonchev–Trinajstić information content (AvgIpc) is 3.42. The Balaban J connectivity index is 1.55. The number of ether oxygens (including phenoxy) is 1. The van der Waals surface area contributed by atoms with Crippen LogP contribution in [0.15, 0.2) is 18.3 Å². The third-order valence-electron chi connectivity index (χ3n) is 4.68. The van der Waals surface area contributed by atoms with Gasteiger partial charge in [-0.1, -0.05) is 13.0 Å². The van der Waals surface area contributed by atoms with Gasteiger partial charge in [0, 0.05) is 38.9 Å². The van der Waals surface area contributed by atoms with Crippen molar-refractivity contribution in [3.05, 3.63) is 23.9 Å². The minimum absolute atomic E-state index is 0.202. The van der Waals surface area contributed by atoms with Crippen molar-refractivity contribution in [2.45, 2.75) is 39.3 Å². The standard InChI is InChI=1S/C17H28N4O3S/c1-3-21(13-15-4-5-15)25(22,23)19-11-16-6-7-17(18-10-16)20-8-9-24-14(2)12-20/h6-7,10,14-15,19H,3-5,8-9,11-13H2,1-2H3. The Morgan fingerprint density at radius 3 is 2.80 bits per heavy atom. The molecular formula is C17H28N4O3S. The van der Waals surface area contributed by atoms with Crippen LogP contribution in [0.1, 0.15) is 32.3 Å². The second-order valence-electron chi connectivity index (χ2n) is 6.87. The fraction of sp³-hybridized carbons (Fsp3) is 0.706. The smallest absolute Gasteiger partial charge is 0.279 e. The van der Waals surface area contributed by atoms with Gasteiger partial charge in [-0.15, -0.1) is 0 Å². The number of nitrogens with zero attached hydrogens (tertiary/aromatic N) is 3. The van der Waals surface area contributed by atoms with Gasteiger partial charge in [-0.3, -0.25) is 0 Å². The highest BCUT2D eigenvalue weighted by Gasteiger charge is 2.29. The van der Waals surface area contributed by atoms with Gasteiger partial charge in [0.05, 0.1) is 12.7 Å². The molecule has 1 aromatic heterocycles. The summed E-state index contributed by atoms with van der Waals surface area (Å²) in [6, 6.07) is 3.88. The number of hydrogen-bond acceptors (Lipinski definition) is 5. The topological polar surface area (TPSA) is 74.8 Å². The average molecular weight is 369 g/mol. The molecule has 8 heteroatoms. The Hall–Kier alpha value is -1.22. The number of rotatable bonds is 8. The van der Waals surface area contributed by atoms with Crippen LogP contribution in [-0.2, 0) is 21.5 Å². The predicted octanol–water partition coefficient (Wildman–Crippen LogP) is 1.37. The number of aromatic nitrogens is 1. The molecule has 0 spiro atoms. The van der Waals surface area contributed by atoms with Crippen LogP contribution in [0, 0.1) is 5.92 Å². The van der Waals surface area contributed by atoms with Crippen LogP contribution in [0.3, 0.4) is 0 Å². The zero-order valence-corrected chi connectivity index (χ0v) is 15.8. The van der Waals surface area contributed by atoms with E-state index in [1.165, 1.54) is 4.31 Å². The molecule has 1 aliphatic heterocycles. The summed E-state index contributed by atoms with van der Waals surface area (Å²) < 4.78 is 34.6. The van der Waals surface area contributed by atoms with Crippen LogP contribution in [0.2, 0.25) is 0 Å². The molecule has 1 aromatic rings. The van der Waals surface area contributed by atoms with Gasteiger partial charge < -0.3 is 9.64 Å². The predicted molar refractivity (Wildman–Crippen MR) is 97.6 cm³/mol. The van der Waals surface area contributed by atoms with E-state index in [4.69, 9.17) is 4.74 Å². The van der Waals surface area contributed by atoms with E-state index in [0.29, 0.717) is 25.6 Å². The molecule has 1 atom stereocenters. The van der Waals surface area contributed by atoms with Crippen LogP contribution in [0.4, 0.5) is 5.82 Å². The van der Waals surface area contributed by atoms with Crippen LogP contribution in [-0.4, -0.2) is 56.6 Å². The largest absolute Gasteiger partial charge is 0.375 e. The van der Waals surface area contributed by atoms with Gasteiger partial charge >= 0.3 is 0 Å². The van der Waals surface area contributed by atoms with E-state index in [1.807, 2.05) is 19.1 Å². The third kappa shape index (κ3) is 5.13. The summed E-state index contributed by atoms with van der Waals surface area (Å²) in [4.78, 5) is 6.67. The van der Waals surface area contributed by atoms with Crippen molar-refractivity contribution in [2.75, 3.05) is 37.7 Å². The number of hydrogen-bond donors (Lipinski definition) is 1. The molecule has 0 aromatic carbocycles. The molecule has 2 fully saturated rings. The third-order valence-corrected chi connectivity index (χ3v) is 6.28. The van der Waals surface area contributed by atoms with Crippen molar-refractivity contribution in [3.8, 4) is 0 Å². The molecule has 0 amide bonds. The lowest BCUT2D eigenvalue weighted by Gasteiger charge is -2.32. The van der Waals surface area contributed by atoms with Crippen molar-refractivity contribution in [1.82, 2.24) is 14.0 Å². The maximum absolute atomic E-state index is 12.4. The summed E-state index contributed by atoms with van der Waals surface area (Å²) in [5.74, 6) is 1.44. The second kappa shape index (κ2) is 7.99. The van der Waals surface area contributed by atoms with E-state index in [9.17, 15) is 8.42 Å². The molecule has 3 rings (SSSR count). The zero-order valence-electron chi connectivity index (χ0n) is 15.0. The summed E-state index contributed by atoms with van der Waals surface area (Å²) >= 11 is 0. The normalized spacial score (nSPS) is 21.7. The zero-order chi connectivity index (χ0) is 17.9. The first-order valence-corrected chi connectivity index (χ1v) is 10.5. The maximum Gasteiger partial charge on any atom is 0.279 e. The lowest BCUT2D eigenvalue weighted by molar-refractivity contribution is 0.0529. The van der Waals surface area contributed by atoms with Gasteiger partial charge in [0.1, 0.15) is 5.82 Å². The Morgan fingerprint density at radius 1 is 1.40 bits per heavy atom. The van der Waals surface area contributed by atoms with Crippen LogP contribution in [0.5, 0.6) is 0 Å². The summed E-state index contributed by atoms with van der Waals surface area (Å²) in [7, 11) is -3.43. The molecule has 2 aliphatic rings. The Morgan fingerprint density at radius 2 is 2.20 bits per heavy atom. The molecular weight excluding hydrogens is 340 g/mol. The molecule has 0 bridgehead atoms. The number of anilines is 1. The number of morpholine rings is 1. The first-order valence-electron chi connectivity index (χ1n) is 9.04. The van der Waals surface area contributed by atoms with Gasteiger partial charge in [0.25, 0.3) is 10.2 Å². The van der Waals surface area contributed by atoms with Gasteiger partial charge in [-0.2, -0.15) is 17.4 Å². The molecule has 140 valence electrons. The Kier molecular flexibility index (Phi) is 5.93. The van der Waals surface area contributed by atoms with Gasteiger partial charge in [0.2, 0.25) is 0 Å². The number of pyridine rings is 1. The lowest BCUT2D eigenvalue weighted by atomic mass is 10.2. The highest BCUT2D eigenvalue weighted by Crippen LogP contribution is 2.30.